The van der Waals surface area contributed by atoms with Crippen LogP contribution in [0.1, 0.15) is 6.42 Å². The number of aliphatic hydroxyl groups is 2. The molecule has 5 N–H and O–H groups in total. The highest BCUT2D eigenvalue weighted by Crippen LogP contribution is 2.10. The monoisotopic (exact) mass is 253 g/mol. The van der Waals surface area contributed by atoms with Gasteiger partial charge >= 0.3 is 0 Å². The first-order valence-electron chi connectivity index (χ1n) is 6.29. The van der Waals surface area contributed by atoms with Gasteiger partial charge in [-0.1, -0.05) is 0 Å². The minimum absolute atomic E-state index is 0.130. The van der Waals surface area contributed by atoms with Crippen molar-refractivity contribution in [1.29, 1.82) is 0 Å². The van der Waals surface area contributed by atoms with Crippen LogP contribution in [0.15, 0.2) is 24.3 Å². The summed E-state index contributed by atoms with van der Waals surface area (Å²) in [6, 6.07) is 7.64. The van der Waals surface area contributed by atoms with Crippen molar-refractivity contribution in [2.75, 3.05) is 50.4 Å². The molecular weight excluding hydrogens is 230 g/mol. The zero-order chi connectivity index (χ0) is 13.2. The molecule has 1 aromatic rings. The van der Waals surface area contributed by atoms with Crippen molar-refractivity contribution in [2.45, 2.75) is 6.42 Å². The molecule has 0 saturated heterocycles. The molecule has 1 rings (SSSR count). The van der Waals surface area contributed by atoms with Crippen molar-refractivity contribution in [3.8, 4) is 0 Å². The number of hydrogen-bond donors (Lipinski definition) is 4. The van der Waals surface area contributed by atoms with E-state index in [1.165, 1.54) is 0 Å². The van der Waals surface area contributed by atoms with E-state index in [1.54, 1.807) is 0 Å². The van der Waals surface area contributed by atoms with E-state index in [4.69, 9.17) is 15.9 Å². The average Bonchev–Trinajstić information content (AvgIpc) is 2.37. The number of benzene rings is 1. The maximum Gasteiger partial charge on any atom is 0.0558 e. The Hall–Kier alpha value is -1.30. The average molecular weight is 253 g/mol. The molecule has 0 bridgehead atoms. The third kappa shape index (κ3) is 5.86. The fourth-order valence-electron chi connectivity index (χ4n) is 1.75. The Kier molecular flexibility index (Phi) is 7.17. The van der Waals surface area contributed by atoms with Gasteiger partial charge in [0.2, 0.25) is 0 Å². The quantitative estimate of drug-likeness (QED) is 0.377. The number of hydrogen-bond acceptors (Lipinski definition) is 5. The van der Waals surface area contributed by atoms with Crippen LogP contribution in [0.3, 0.4) is 0 Å². The van der Waals surface area contributed by atoms with E-state index < -0.39 is 0 Å². The number of aliphatic hydroxyl groups excluding tert-OH is 2. The number of anilines is 2. The van der Waals surface area contributed by atoms with Crippen LogP contribution in [0.25, 0.3) is 0 Å². The molecule has 5 heteroatoms. The van der Waals surface area contributed by atoms with Gasteiger partial charge in [0.05, 0.1) is 13.2 Å². The zero-order valence-corrected chi connectivity index (χ0v) is 10.7. The number of nitrogens with two attached hydrogens (primary N) is 1. The molecular formula is C13H23N3O2. The van der Waals surface area contributed by atoms with Crippen LogP contribution in [-0.4, -0.2) is 54.5 Å². The first-order valence-corrected chi connectivity index (χ1v) is 6.29. The SMILES string of the molecule is Nc1ccc(NCCCN(CCO)CCO)cc1. The second-order valence-corrected chi connectivity index (χ2v) is 4.19. The molecule has 0 aromatic heterocycles. The second kappa shape index (κ2) is 8.74. The van der Waals surface area contributed by atoms with Crippen molar-refractivity contribution >= 4 is 11.4 Å². The number of nitrogen functional groups attached to an aromatic ring is 1. The minimum atomic E-state index is 0.130. The molecule has 0 aliphatic carbocycles. The molecule has 0 radical (unpaired) electrons. The van der Waals surface area contributed by atoms with E-state index in [1.807, 2.05) is 29.2 Å². The van der Waals surface area contributed by atoms with E-state index in [-0.39, 0.29) is 13.2 Å². The molecule has 0 amide bonds. The van der Waals surface area contributed by atoms with Gasteiger partial charge in [0.25, 0.3) is 0 Å². The van der Waals surface area contributed by atoms with Crippen LogP contribution in [0.4, 0.5) is 11.4 Å². The van der Waals surface area contributed by atoms with E-state index in [9.17, 15) is 0 Å². The smallest absolute Gasteiger partial charge is 0.0558 e. The van der Waals surface area contributed by atoms with Crippen LogP contribution < -0.4 is 11.1 Å². The summed E-state index contributed by atoms with van der Waals surface area (Å²) in [5.41, 5.74) is 7.42. The summed E-state index contributed by atoms with van der Waals surface area (Å²) < 4.78 is 0. The largest absolute Gasteiger partial charge is 0.399 e. The minimum Gasteiger partial charge on any atom is -0.399 e. The number of rotatable bonds is 9. The summed E-state index contributed by atoms with van der Waals surface area (Å²) in [4.78, 5) is 2.05. The van der Waals surface area contributed by atoms with Crippen molar-refractivity contribution < 1.29 is 10.2 Å². The Labute approximate surface area is 108 Å². The third-order valence-electron chi connectivity index (χ3n) is 2.72. The van der Waals surface area contributed by atoms with Crippen LogP contribution in [0, 0.1) is 0 Å². The molecule has 18 heavy (non-hydrogen) atoms. The predicted octanol–water partition coefficient (Wildman–Crippen LogP) is 0.357. The zero-order valence-electron chi connectivity index (χ0n) is 10.7. The lowest BCUT2D eigenvalue weighted by molar-refractivity contribution is 0.161. The summed E-state index contributed by atoms with van der Waals surface area (Å²) in [6.07, 6.45) is 0.963. The van der Waals surface area contributed by atoms with Crippen molar-refractivity contribution in [2.24, 2.45) is 0 Å². The summed E-state index contributed by atoms with van der Waals surface area (Å²) in [5, 5.41) is 21.1. The first kappa shape index (κ1) is 14.8. The lowest BCUT2D eigenvalue weighted by Gasteiger charge is -2.20. The van der Waals surface area contributed by atoms with Gasteiger partial charge in [0, 0.05) is 31.0 Å². The molecule has 0 saturated carbocycles. The standard InChI is InChI=1S/C13H23N3O2/c14-12-2-4-13(5-3-12)15-6-1-7-16(8-10-17)9-11-18/h2-5,15,17-18H,1,6-11,14H2. The van der Waals surface area contributed by atoms with Gasteiger partial charge in [0.1, 0.15) is 0 Å². The molecule has 5 nitrogen and oxygen atoms in total. The Bertz CT molecular complexity index is 311. The summed E-state index contributed by atoms with van der Waals surface area (Å²) in [5.74, 6) is 0. The fraction of sp³-hybridized carbons (Fsp3) is 0.538. The van der Waals surface area contributed by atoms with Gasteiger partial charge in [-0.3, -0.25) is 4.90 Å². The topological polar surface area (TPSA) is 81.8 Å². The molecule has 0 aliphatic heterocycles. The van der Waals surface area contributed by atoms with E-state index >= 15 is 0 Å². The predicted molar refractivity (Wildman–Crippen MR) is 74.6 cm³/mol. The third-order valence-corrected chi connectivity index (χ3v) is 2.72. The Morgan fingerprint density at radius 2 is 1.61 bits per heavy atom. The van der Waals surface area contributed by atoms with Gasteiger partial charge in [-0.15, -0.1) is 0 Å². The fourth-order valence-corrected chi connectivity index (χ4v) is 1.75. The Morgan fingerprint density at radius 1 is 1.00 bits per heavy atom. The van der Waals surface area contributed by atoms with Crippen LogP contribution in [0.2, 0.25) is 0 Å². The molecule has 102 valence electrons. The van der Waals surface area contributed by atoms with Gasteiger partial charge in [0.15, 0.2) is 0 Å². The summed E-state index contributed by atoms with van der Waals surface area (Å²) in [7, 11) is 0. The maximum absolute atomic E-state index is 8.87. The van der Waals surface area contributed by atoms with Crippen molar-refractivity contribution in [3.63, 3.8) is 0 Å². The second-order valence-electron chi connectivity index (χ2n) is 4.19. The molecule has 0 heterocycles. The molecule has 0 atom stereocenters. The van der Waals surface area contributed by atoms with E-state index in [0.717, 1.165) is 30.9 Å². The normalized spacial score (nSPS) is 10.8. The van der Waals surface area contributed by atoms with Crippen molar-refractivity contribution in [3.05, 3.63) is 24.3 Å². The van der Waals surface area contributed by atoms with Gasteiger partial charge in [-0.2, -0.15) is 0 Å². The van der Waals surface area contributed by atoms with E-state index in [2.05, 4.69) is 5.32 Å². The van der Waals surface area contributed by atoms with Crippen LogP contribution in [-0.2, 0) is 0 Å². The lowest BCUT2D eigenvalue weighted by atomic mass is 10.3. The highest BCUT2D eigenvalue weighted by atomic mass is 16.3. The van der Waals surface area contributed by atoms with Gasteiger partial charge < -0.3 is 21.3 Å². The highest BCUT2D eigenvalue weighted by molar-refractivity contribution is 5.51. The maximum atomic E-state index is 8.87. The summed E-state index contributed by atoms with van der Waals surface area (Å²) >= 11 is 0. The molecule has 0 aliphatic rings. The van der Waals surface area contributed by atoms with Crippen molar-refractivity contribution in [1.82, 2.24) is 4.90 Å². The number of nitrogens with zero attached hydrogens (tertiary/aromatic N) is 1. The lowest BCUT2D eigenvalue weighted by Crippen LogP contribution is -2.31. The van der Waals surface area contributed by atoms with Crippen LogP contribution in [0.5, 0.6) is 0 Å². The summed E-state index contributed by atoms with van der Waals surface area (Å²) in [6.45, 7) is 3.21. The van der Waals surface area contributed by atoms with Gasteiger partial charge in [-0.05, 0) is 37.2 Å². The van der Waals surface area contributed by atoms with E-state index in [0.29, 0.717) is 13.1 Å². The highest BCUT2D eigenvalue weighted by Gasteiger charge is 2.02. The molecule has 0 fully saturated rings. The Morgan fingerprint density at radius 3 is 2.17 bits per heavy atom. The van der Waals surface area contributed by atoms with Gasteiger partial charge in [-0.25, -0.2) is 0 Å². The number of nitrogens with one attached hydrogen (secondary N) is 1. The Balaban J connectivity index is 2.18. The molecule has 0 spiro atoms. The van der Waals surface area contributed by atoms with Crippen LogP contribution >= 0.6 is 0 Å². The molecule has 1 aromatic carbocycles. The first-order chi connectivity index (χ1) is 8.76. The molecule has 0 unspecified atom stereocenters.